The Kier molecular flexibility index (Phi) is 5.97. The minimum atomic E-state index is -0.466. The maximum atomic E-state index is 12.4. The molecule has 0 aliphatic carbocycles. The Morgan fingerprint density at radius 2 is 1.96 bits per heavy atom. The van der Waals surface area contributed by atoms with E-state index in [1.54, 1.807) is 29.2 Å². The number of carbonyl (C=O) groups is 2. The Morgan fingerprint density at radius 3 is 2.63 bits per heavy atom. The van der Waals surface area contributed by atoms with Gasteiger partial charge in [0.05, 0.1) is 10.5 Å². The molecule has 0 radical (unpaired) electrons. The number of likely N-dealkylation sites (tertiary alicyclic amines) is 1. The molecule has 8 heteroatoms. The topological polar surface area (TPSA) is 92.6 Å². The Bertz CT molecular complexity index is 856. The third kappa shape index (κ3) is 4.79. The van der Waals surface area contributed by atoms with Crippen molar-refractivity contribution in [2.75, 3.05) is 13.1 Å². The number of nitro benzene ring substituents is 1. The Labute approximate surface area is 160 Å². The van der Waals surface area contributed by atoms with Gasteiger partial charge in [-0.3, -0.25) is 19.7 Å². The highest BCUT2D eigenvalue weighted by Crippen LogP contribution is 2.19. The lowest BCUT2D eigenvalue weighted by Gasteiger charge is -2.31. The molecule has 1 aliphatic rings. The first kappa shape index (κ1) is 18.8. The molecule has 0 atom stereocenters. The van der Waals surface area contributed by atoms with Gasteiger partial charge in [0.1, 0.15) is 0 Å². The van der Waals surface area contributed by atoms with Crippen molar-refractivity contribution < 1.29 is 14.5 Å². The van der Waals surface area contributed by atoms with E-state index in [-0.39, 0.29) is 23.5 Å². The number of hydrogen-bond acceptors (Lipinski definition) is 5. The largest absolute Gasteiger partial charge is 0.349 e. The van der Waals surface area contributed by atoms with Crippen molar-refractivity contribution in [1.29, 1.82) is 0 Å². The number of carbonyl (C=O) groups excluding carboxylic acids is 2. The summed E-state index contributed by atoms with van der Waals surface area (Å²) in [4.78, 5) is 36.7. The molecular formula is C19H19N3O4S. The Balaban J connectivity index is 1.53. The summed E-state index contributed by atoms with van der Waals surface area (Å²) in [6.45, 7) is 1.07. The zero-order valence-corrected chi connectivity index (χ0v) is 15.4. The van der Waals surface area contributed by atoms with E-state index in [2.05, 4.69) is 5.32 Å². The van der Waals surface area contributed by atoms with E-state index < -0.39 is 4.92 Å². The van der Waals surface area contributed by atoms with Crippen LogP contribution >= 0.6 is 11.3 Å². The molecule has 3 rings (SSSR count). The van der Waals surface area contributed by atoms with Gasteiger partial charge in [-0.1, -0.05) is 12.1 Å². The van der Waals surface area contributed by atoms with Gasteiger partial charge < -0.3 is 10.2 Å². The molecule has 2 amide bonds. The van der Waals surface area contributed by atoms with Gasteiger partial charge in [0.15, 0.2) is 0 Å². The fraction of sp³-hybridized carbons (Fsp3) is 0.263. The fourth-order valence-electron chi connectivity index (χ4n) is 2.97. The van der Waals surface area contributed by atoms with E-state index >= 15 is 0 Å². The third-order valence-corrected chi connectivity index (χ3v) is 5.15. The lowest BCUT2D eigenvalue weighted by atomic mass is 10.0. The van der Waals surface area contributed by atoms with Crippen LogP contribution in [0, 0.1) is 10.1 Å². The van der Waals surface area contributed by atoms with Crippen LogP contribution in [0.25, 0.3) is 6.08 Å². The van der Waals surface area contributed by atoms with Gasteiger partial charge in [0.25, 0.3) is 11.6 Å². The van der Waals surface area contributed by atoms with Gasteiger partial charge in [-0.05, 0) is 36.4 Å². The first-order valence-electron chi connectivity index (χ1n) is 8.58. The summed E-state index contributed by atoms with van der Waals surface area (Å²) in [5.74, 6) is -0.270. The number of piperidine rings is 1. The minimum Gasteiger partial charge on any atom is -0.349 e. The maximum Gasteiger partial charge on any atom is 0.276 e. The molecule has 1 aromatic heterocycles. The second-order valence-electron chi connectivity index (χ2n) is 6.23. The van der Waals surface area contributed by atoms with Crippen LogP contribution in [0.15, 0.2) is 47.2 Å². The van der Waals surface area contributed by atoms with Crippen LogP contribution in [-0.4, -0.2) is 40.8 Å². The van der Waals surface area contributed by atoms with Crippen LogP contribution in [0.1, 0.15) is 28.8 Å². The van der Waals surface area contributed by atoms with E-state index in [1.165, 1.54) is 29.6 Å². The smallest absolute Gasteiger partial charge is 0.276 e. The van der Waals surface area contributed by atoms with Gasteiger partial charge in [-0.25, -0.2) is 0 Å². The van der Waals surface area contributed by atoms with Crippen LogP contribution in [0.5, 0.6) is 0 Å². The summed E-state index contributed by atoms with van der Waals surface area (Å²) < 4.78 is 0. The number of thiophene rings is 1. The van der Waals surface area contributed by atoms with Crippen molar-refractivity contribution >= 4 is 34.9 Å². The molecule has 1 fully saturated rings. The number of para-hydroxylation sites is 1. The predicted molar refractivity (Wildman–Crippen MR) is 104 cm³/mol. The summed E-state index contributed by atoms with van der Waals surface area (Å²) in [6.07, 6.45) is 4.21. The molecule has 0 spiro atoms. The summed E-state index contributed by atoms with van der Waals surface area (Å²) in [7, 11) is 0. The molecule has 2 aromatic rings. The normalized spacial score (nSPS) is 15.0. The van der Waals surface area contributed by atoms with Crippen molar-refractivity contribution in [3.8, 4) is 0 Å². The monoisotopic (exact) mass is 385 g/mol. The van der Waals surface area contributed by atoms with Crippen molar-refractivity contribution in [3.05, 3.63) is 68.4 Å². The summed E-state index contributed by atoms with van der Waals surface area (Å²) >= 11 is 1.48. The lowest BCUT2D eigenvalue weighted by Crippen LogP contribution is -2.46. The van der Waals surface area contributed by atoms with Gasteiger partial charge in [-0.15, -0.1) is 0 Å². The average molecular weight is 385 g/mol. The number of nitro groups is 1. The SMILES string of the molecule is O=C(NC1CCN(C(=O)C=Cc2ccccc2[N+](=O)[O-])CC1)c1ccsc1. The summed E-state index contributed by atoms with van der Waals surface area (Å²) in [5.41, 5.74) is 1.02. The minimum absolute atomic E-state index is 0.0311. The molecule has 1 aliphatic heterocycles. The van der Waals surface area contributed by atoms with Crippen LogP contribution in [-0.2, 0) is 4.79 Å². The highest BCUT2D eigenvalue weighted by atomic mass is 32.1. The highest BCUT2D eigenvalue weighted by molar-refractivity contribution is 7.08. The quantitative estimate of drug-likeness (QED) is 0.486. The van der Waals surface area contributed by atoms with E-state index in [0.29, 0.717) is 37.1 Å². The molecule has 0 saturated carbocycles. The van der Waals surface area contributed by atoms with Crippen LogP contribution in [0.2, 0.25) is 0 Å². The molecular weight excluding hydrogens is 366 g/mol. The standard InChI is InChI=1S/C19H19N3O4S/c23-18(6-5-14-3-1-2-4-17(14)22(25)26)21-10-7-16(8-11-21)20-19(24)15-9-12-27-13-15/h1-6,9,12-13,16H,7-8,10-11H2,(H,20,24). The number of nitrogens with one attached hydrogen (secondary N) is 1. The second-order valence-corrected chi connectivity index (χ2v) is 7.01. The third-order valence-electron chi connectivity index (χ3n) is 4.46. The number of benzene rings is 1. The number of amides is 2. The second kappa shape index (κ2) is 8.59. The maximum absolute atomic E-state index is 12.4. The summed E-state index contributed by atoms with van der Waals surface area (Å²) in [6, 6.07) is 8.12. The molecule has 140 valence electrons. The zero-order chi connectivity index (χ0) is 19.2. The summed E-state index contributed by atoms with van der Waals surface area (Å²) in [5, 5.41) is 17.7. The van der Waals surface area contributed by atoms with Crippen molar-refractivity contribution in [2.45, 2.75) is 18.9 Å². The van der Waals surface area contributed by atoms with E-state index in [9.17, 15) is 19.7 Å². The lowest BCUT2D eigenvalue weighted by molar-refractivity contribution is -0.385. The van der Waals surface area contributed by atoms with Gasteiger partial charge >= 0.3 is 0 Å². The highest BCUT2D eigenvalue weighted by Gasteiger charge is 2.23. The van der Waals surface area contributed by atoms with E-state index in [0.717, 1.165) is 0 Å². The molecule has 0 unspecified atom stereocenters. The van der Waals surface area contributed by atoms with Gasteiger partial charge in [-0.2, -0.15) is 11.3 Å². The first-order valence-corrected chi connectivity index (χ1v) is 9.52. The van der Waals surface area contributed by atoms with Crippen molar-refractivity contribution in [3.63, 3.8) is 0 Å². The first-order chi connectivity index (χ1) is 13.0. The van der Waals surface area contributed by atoms with Crippen LogP contribution < -0.4 is 5.32 Å². The van der Waals surface area contributed by atoms with Crippen molar-refractivity contribution in [2.24, 2.45) is 0 Å². The Morgan fingerprint density at radius 1 is 1.22 bits per heavy atom. The van der Waals surface area contributed by atoms with Gasteiger partial charge in [0, 0.05) is 42.2 Å². The molecule has 1 N–H and O–H groups in total. The Hall–Kier alpha value is -3.00. The molecule has 7 nitrogen and oxygen atoms in total. The predicted octanol–water partition coefficient (Wildman–Crippen LogP) is 3.09. The number of nitrogens with zero attached hydrogens (tertiary/aromatic N) is 2. The fourth-order valence-corrected chi connectivity index (χ4v) is 3.60. The number of rotatable bonds is 5. The average Bonchev–Trinajstić information content (AvgIpc) is 3.22. The van der Waals surface area contributed by atoms with Crippen molar-refractivity contribution in [1.82, 2.24) is 10.2 Å². The molecule has 0 bridgehead atoms. The molecule has 27 heavy (non-hydrogen) atoms. The molecule has 2 heterocycles. The van der Waals surface area contributed by atoms with E-state index in [4.69, 9.17) is 0 Å². The van der Waals surface area contributed by atoms with E-state index in [1.807, 2.05) is 10.8 Å². The van der Waals surface area contributed by atoms with Gasteiger partial charge in [0.2, 0.25) is 5.91 Å². The van der Waals surface area contributed by atoms with Crippen LogP contribution in [0.3, 0.4) is 0 Å². The zero-order valence-electron chi connectivity index (χ0n) is 14.5. The molecule has 1 aromatic carbocycles. The molecule has 1 saturated heterocycles. The van der Waals surface area contributed by atoms with Crippen LogP contribution in [0.4, 0.5) is 5.69 Å². The number of hydrogen-bond donors (Lipinski definition) is 1.